The van der Waals surface area contributed by atoms with Gasteiger partial charge in [-0.3, -0.25) is 4.79 Å². The Kier molecular flexibility index (Phi) is 3.59. The summed E-state index contributed by atoms with van der Waals surface area (Å²) in [7, 11) is 5.37. The number of nitrogens with zero attached hydrogens (tertiary/aromatic N) is 2. The minimum Gasteiger partial charge on any atom is -0.497 e. The molecular weight excluding hydrogens is 276 g/mol. The third kappa shape index (κ3) is 2.33. The van der Waals surface area contributed by atoms with E-state index < -0.39 is 0 Å². The Labute approximate surface area is 129 Å². The lowest BCUT2D eigenvalue weighted by atomic mass is 10.1. The van der Waals surface area contributed by atoms with Crippen molar-refractivity contribution in [3.05, 3.63) is 65.0 Å². The van der Waals surface area contributed by atoms with Crippen molar-refractivity contribution in [2.75, 3.05) is 26.2 Å². The van der Waals surface area contributed by atoms with Gasteiger partial charge in [-0.2, -0.15) is 0 Å². The fourth-order valence-corrected chi connectivity index (χ4v) is 2.61. The SMILES string of the molecule is COc1ccc(-c2cc3ccccc3c(=O)n2N(C)C)cc1. The number of aromatic nitrogens is 1. The van der Waals surface area contributed by atoms with Crippen molar-refractivity contribution in [3.8, 4) is 17.0 Å². The van der Waals surface area contributed by atoms with Crippen LogP contribution in [0.4, 0.5) is 0 Å². The van der Waals surface area contributed by atoms with Crippen LogP contribution in [0.2, 0.25) is 0 Å². The normalized spacial score (nSPS) is 10.7. The highest BCUT2D eigenvalue weighted by Gasteiger charge is 2.12. The van der Waals surface area contributed by atoms with Gasteiger partial charge >= 0.3 is 0 Å². The molecule has 0 saturated heterocycles. The first-order chi connectivity index (χ1) is 10.6. The number of ether oxygens (including phenoxy) is 1. The van der Waals surface area contributed by atoms with Crippen LogP contribution in [-0.2, 0) is 0 Å². The van der Waals surface area contributed by atoms with Gasteiger partial charge in [-0.1, -0.05) is 18.2 Å². The van der Waals surface area contributed by atoms with Gasteiger partial charge in [-0.15, -0.1) is 0 Å². The molecule has 0 aliphatic heterocycles. The number of rotatable bonds is 3. The Bertz CT molecular complexity index is 864. The minimum atomic E-state index is -0.0195. The molecule has 0 fully saturated rings. The molecule has 0 atom stereocenters. The highest BCUT2D eigenvalue weighted by Crippen LogP contribution is 2.24. The summed E-state index contributed by atoms with van der Waals surface area (Å²) >= 11 is 0. The molecule has 0 aliphatic carbocycles. The van der Waals surface area contributed by atoms with Gasteiger partial charge in [0.15, 0.2) is 0 Å². The van der Waals surface area contributed by atoms with Crippen LogP contribution in [0.1, 0.15) is 0 Å². The van der Waals surface area contributed by atoms with Crippen LogP contribution < -0.4 is 15.3 Å². The first-order valence-electron chi connectivity index (χ1n) is 7.08. The molecule has 0 unspecified atom stereocenters. The van der Waals surface area contributed by atoms with Crippen LogP contribution in [0.5, 0.6) is 5.75 Å². The average Bonchev–Trinajstić information content (AvgIpc) is 2.54. The standard InChI is InChI=1S/C18H18N2O2/c1-19(2)20-17(13-8-10-15(22-3)11-9-13)12-14-6-4-5-7-16(14)18(20)21/h4-12H,1-3H3. The van der Waals surface area contributed by atoms with E-state index in [1.807, 2.05) is 68.7 Å². The van der Waals surface area contributed by atoms with Crippen molar-refractivity contribution in [3.63, 3.8) is 0 Å². The highest BCUT2D eigenvalue weighted by atomic mass is 16.5. The van der Waals surface area contributed by atoms with Crippen molar-refractivity contribution < 1.29 is 4.74 Å². The van der Waals surface area contributed by atoms with Gasteiger partial charge in [0.25, 0.3) is 5.56 Å². The number of fused-ring (bicyclic) bond motifs is 1. The predicted molar refractivity (Wildman–Crippen MR) is 90.3 cm³/mol. The van der Waals surface area contributed by atoms with Gasteiger partial charge in [0.2, 0.25) is 0 Å². The van der Waals surface area contributed by atoms with Crippen molar-refractivity contribution in [1.82, 2.24) is 4.68 Å². The van der Waals surface area contributed by atoms with Crippen LogP contribution in [-0.4, -0.2) is 25.9 Å². The van der Waals surface area contributed by atoms with Crippen LogP contribution in [0.3, 0.4) is 0 Å². The van der Waals surface area contributed by atoms with E-state index in [0.29, 0.717) is 5.39 Å². The monoisotopic (exact) mass is 294 g/mol. The Morgan fingerprint density at radius 2 is 1.68 bits per heavy atom. The van der Waals surface area contributed by atoms with E-state index in [9.17, 15) is 4.79 Å². The van der Waals surface area contributed by atoms with Gasteiger partial charge in [0, 0.05) is 25.0 Å². The van der Waals surface area contributed by atoms with Crippen LogP contribution in [0, 0.1) is 0 Å². The summed E-state index contributed by atoms with van der Waals surface area (Å²) < 4.78 is 6.88. The van der Waals surface area contributed by atoms with E-state index in [4.69, 9.17) is 4.74 Å². The molecule has 22 heavy (non-hydrogen) atoms. The topological polar surface area (TPSA) is 34.5 Å². The van der Waals surface area contributed by atoms with Gasteiger partial charge in [0.1, 0.15) is 5.75 Å². The maximum absolute atomic E-state index is 12.8. The largest absolute Gasteiger partial charge is 0.497 e. The van der Waals surface area contributed by atoms with Crippen LogP contribution in [0.25, 0.3) is 22.0 Å². The molecule has 0 bridgehead atoms. The lowest BCUT2D eigenvalue weighted by molar-refractivity contribution is 0.415. The average molecular weight is 294 g/mol. The molecule has 1 aromatic heterocycles. The zero-order chi connectivity index (χ0) is 15.7. The number of pyridine rings is 1. The second kappa shape index (κ2) is 5.56. The van der Waals surface area contributed by atoms with Crippen molar-refractivity contribution >= 4 is 10.8 Å². The maximum atomic E-state index is 12.8. The summed E-state index contributed by atoms with van der Waals surface area (Å²) in [5.41, 5.74) is 1.81. The minimum absolute atomic E-state index is 0.0195. The molecule has 0 spiro atoms. The van der Waals surface area contributed by atoms with Crippen LogP contribution >= 0.6 is 0 Å². The second-order valence-electron chi connectivity index (χ2n) is 5.31. The fraction of sp³-hybridized carbons (Fsp3) is 0.167. The summed E-state index contributed by atoms with van der Waals surface area (Å²) in [6.45, 7) is 0. The molecule has 112 valence electrons. The van der Waals surface area contributed by atoms with Crippen LogP contribution in [0.15, 0.2) is 59.4 Å². The van der Waals surface area contributed by atoms with Gasteiger partial charge < -0.3 is 9.75 Å². The molecular formula is C18H18N2O2. The van der Waals surface area contributed by atoms with Crippen molar-refractivity contribution in [2.45, 2.75) is 0 Å². The van der Waals surface area contributed by atoms with Gasteiger partial charge in [-0.05, 0) is 41.8 Å². The number of methoxy groups -OCH3 is 1. The molecule has 1 heterocycles. The smallest absolute Gasteiger partial charge is 0.277 e. The van der Waals surface area contributed by atoms with E-state index in [2.05, 4.69) is 0 Å². The molecule has 4 nitrogen and oxygen atoms in total. The molecule has 0 radical (unpaired) electrons. The number of hydrogen-bond acceptors (Lipinski definition) is 3. The summed E-state index contributed by atoms with van der Waals surface area (Å²) in [4.78, 5) is 12.8. The zero-order valence-corrected chi connectivity index (χ0v) is 12.9. The molecule has 0 aliphatic rings. The molecule has 0 N–H and O–H groups in total. The van der Waals surface area contributed by atoms with E-state index in [1.165, 1.54) is 0 Å². The van der Waals surface area contributed by atoms with Crippen molar-refractivity contribution in [1.29, 1.82) is 0 Å². The molecule has 0 amide bonds. The second-order valence-corrected chi connectivity index (χ2v) is 5.31. The first-order valence-corrected chi connectivity index (χ1v) is 7.08. The predicted octanol–water partition coefficient (Wildman–Crippen LogP) is 2.87. The summed E-state index contributed by atoms with van der Waals surface area (Å²) in [6, 6.07) is 17.4. The van der Waals surface area contributed by atoms with E-state index in [-0.39, 0.29) is 5.56 Å². The van der Waals surface area contributed by atoms with E-state index in [1.54, 1.807) is 16.8 Å². The van der Waals surface area contributed by atoms with E-state index in [0.717, 1.165) is 22.4 Å². The molecule has 3 aromatic rings. The third-order valence-corrected chi connectivity index (χ3v) is 3.69. The molecule has 3 rings (SSSR count). The van der Waals surface area contributed by atoms with E-state index >= 15 is 0 Å². The summed E-state index contributed by atoms with van der Waals surface area (Å²) in [5, 5.41) is 3.46. The summed E-state index contributed by atoms with van der Waals surface area (Å²) in [6.07, 6.45) is 0. The third-order valence-electron chi connectivity index (χ3n) is 3.69. The highest BCUT2D eigenvalue weighted by molar-refractivity contribution is 5.85. The van der Waals surface area contributed by atoms with Crippen molar-refractivity contribution in [2.24, 2.45) is 0 Å². The Balaban J connectivity index is 2.31. The lowest BCUT2D eigenvalue weighted by Crippen LogP contribution is -2.37. The Morgan fingerprint density at radius 1 is 1.00 bits per heavy atom. The number of hydrogen-bond donors (Lipinski definition) is 0. The van der Waals surface area contributed by atoms with Gasteiger partial charge in [-0.25, -0.2) is 4.68 Å². The first kappa shape index (κ1) is 14.2. The Morgan fingerprint density at radius 3 is 2.32 bits per heavy atom. The Hall–Kier alpha value is -2.75. The quantitative estimate of drug-likeness (QED) is 0.745. The van der Waals surface area contributed by atoms with Gasteiger partial charge in [0.05, 0.1) is 12.8 Å². The molecule has 0 saturated carbocycles. The zero-order valence-electron chi connectivity index (χ0n) is 12.9. The summed E-state index contributed by atoms with van der Waals surface area (Å²) in [5.74, 6) is 0.795. The fourth-order valence-electron chi connectivity index (χ4n) is 2.61. The molecule has 2 aromatic carbocycles. The maximum Gasteiger partial charge on any atom is 0.277 e. The number of benzene rings is 2. The lowest BCUT2D eigenvalue weighted by Gasteiger charge is -2.21. The molecule has 4 heteroatoms.